The van der Waals surface area contributed by atoms with Gasteiger partial charge in [0.25, 0.3) is 0 Å². The van der Waals surface area contributed by atoms with Gasteiger partial charge in [-0.05, 0) is 64.2 Å². The lowest BCUT2D eigenvalue weighted by atomic mass is 9.89. The molecule has 1 heterocycles. The lowest BCUT2D eigenvalue weighted by Crippen LogP contribution is -2.48. The van der Waals surface area contributed by atoms with Crippen LogP contribution in [0.15, 0.2) is 54.6 Å². The van der Waals surface area contributed by atoms with E-state index in [4.69, 9.17) is 4.74 Å². The molecule has 1 aliphatic rings. The van der Waals surface area contributed by atoms with Gasteiger partial charge in [-0.25, -0.2) is 4.79 Å². The number of amides is 2. The number of Topliss-reactive ketones (excluding diaryl/α,β-unsaturated/α-hetero) is 1. The molecule has 0 aromatic heterocycles. The normalized spacial score (nSPS) is 15.5. The van der Waals surface area contributed by atoms with Gasteiger partial charge < -0.3 is 15.0 Å². The summed E-state index contributed by atoms with van der Waals surface area (Å²) in [6, 6.07) is 17.7. The summed E-state index contributed by atoms with van der Waals surface area (Å²) in [6.07, 6.45) is 3.39. The van der Waals surface area contributed by atoms with E-state index in [2.05, 4.69) is 17.4 Å². The Hall–Kier alpha value is -2.82. The standard InChI is InChI=1S/C26H34N2O3/c1-19(2)31-24-13-11-21(12-14-24)10-9-20(3)27-26(30)28-17-15-23(16-18-28)25(29)22-7-5-4-6-8-22/h4-8,11-14,19-20,23H,9-10,15-18H2,1-3H3,(H,27,30). The molecule has 5 nitrogen and oxygen atoms in total. The van der Waals surface area contributed by atoms with E-state index in [1.54, 1.807) is 0 Å². The summed E-state index contributed by atoms with van der Waals surface area (Å²) in [4.78, 5) is 27.1. The quantitative estimate of drug-likeness (QED) is 0.602. The van der Waals surface area contributed by atoms with Gasteiger partial charge in [-0.3, -0.25) is 4.79 Å². The van der Waals surface area contributed by atoms with Crippen molar-refractivity contribution in [2.45, 2.75) is 58.6 Å². The fourth-order valence-corrected chi connectivity index (χ4v) is 3.95. The maximum Gasteiger partial charge on any atom is 0.317 e. The van der Waals surface area contributed by atoms with Crippen LogP contribution in [0, 0.1) is 5.92 Å². The van der Waals surface area contributed by atoms with Crippen LogP contribution < -0.4 is 10.1 Å². The Balaban J connectivity index is 1.39. The topological polar surface area (TPSA) is 58.6 Å². The summed E-state index contributed by atoms with van der Waals surface area (Å²) in [5, 5.41) is 3.11. The number of carbonyl (C=O) groups is 2. The van der Waals surface area contributed by atoms with E-state index in [-0.39, 0.29) is 29.9 Å². The average Bonchev–Trinajstić information content (AvgIpc) is 2.78. The molecule has 31 heavy (non-hydrogen) atoms. The first-order valence-corrected chi connectivity index (χ1v) is 11.3. The van der Waals surface area contributed by atoms with Gasteiger partial charge in [0, 0.05) is 30.6 Å². The number of carbonyl (C=O) groups excluding carboxylic acids is 2. The minimum Gasteiger partial charge on any atom is -0.491 e. The van der Waals surface area contributed by atoms with E-state index in [0.29, 0.717) is 13.1 Å². The fraction of sp³-hybridized carbons (Fsp3) is 0.462. The van der Waals surface area contributed by atoms with Crippen molar-refractivity contribution in [3.8, 4) is 5.75 Å². The zero-order valence-electron chi connectivity index (χ0n) is 18.8. The van der Waals surface area contributed by atoms with Gasteiger partial charge in [0.2, 0.25) is 0 Å². The highest BCUT2D eigenvalue weighted by molar-refractivity contribution is 5.98. The van der Waals surface area contributed by atoms with Crippen molar-refractivity contribution < 1.29 is 14.3 Å². The van der Waals surface area contributed by atoms with Crippen molar-refractivity contribution in [1.29, 1.82) is 0 Å². The summed E-state index contributed by atoms with van der Waals surface area (Å²) in [5.41, 5.74) is 2.00. The lowest BCUT2D eigenvalue weighted by molar-refractivity contribution is 0.0853. The number of rotatable bonds is 8. The number of piperidine rings is 1. The Morgan fingerprint density at radius 3 is 2.26 bits per heavy atom. The highest BCUT2D eigenvalue weighted by atomic mass is 16.5. The summed E-state index contributed by atoms with van der Waals surface area (Å²) in [6.45, 7) is 7.32. The molecule has 0 radical (unpaired) electrons. The van der Waals surface area contributed by atoms with Crippen LogP contribution in [0.4, 0.5) is 4.79 Å². The first kappa shape index (κ1) is 22.9. The van der Waals surface area contributed by atoms with Crippen LogP contribution in [0.1, 0.15) is 56.0 Å². The lowest BCUT2D eigenvalue weighted by Gasteiger charge is -2.32. The highest BCUT2D eigenvalue weighted by Crippen LogP contribution is 2.22. The van der Waals surface area contributed by atoms with Gasteiger partial charge in [0.05, 0.1) is 6.10 Å². The van der Waals surface area contributed by atoms with Gasteiger partial charge in [-0.1, -0.05) is 42.5 Å². The molecule has 1 N–H and O–H groups in total. The molecule has 0 bridgehead atoms. The first-order chi connectivity index (χ1) is 14.9. The number of likely N-dealkylation sites (tertiary alicyclic amines) is 1. The number of aryl methyl sites for hydroxylation is 1. The third-order valence-electron chi connectivity index (χ3n) is 5.74. The zero-order valence-corrected chi connectivity index (χ0v) is 18.8. The van der Waals surface area contributed by atoms with Crippen molar-refractivity contribution >= 4 is 11.8 Å². The van der Waals surface area contributed by atoms with E-state index in [0.717, 1.165) is 37.0 Å². The predicted molar refractivity (Wildman–Crippen MR) is 124 cm³/mol. The number of hydrogen-bond donors (Lipinski definition) is 1. The number of ketones is 1. The summed E-state index contributed by atoms with van der Waals surface area (Å²) >= 11 is 0. The molecular weight excluding hydrogens is 388 g/mol. The number of nitrogens with one attached hydrogen (secondary N) is 1. The molecule has 1 atom stereocenters. The summed E-state index contributed by atoms with van der Waals surface area (Å²) < 4.78 is 5.68. The zero-order chi connectivity index (χ0) is 22.2. The third kappa shape index (κ3) is 6.84. The molecule has 1 aliphatic heterocycles. The predicted octanol–water partition coefficient (Wildman–Crippen LogP) is 5.10. The van der Waals surface area contributed by atoms with Gasteiger partial charge in [-0.2, -0.15) is 0 Å². The van der Waals surface area contributed by atoms with Crippen LogP contribution in [0.5, 0.6) is 5.75 Å². The molecule has 3 rings (SSSR count). The number of ether oxygens (including phenoxy) is 1. The second kappa shape index (κ2) is 11.0. The van der Waals surface area contributed by atoms with Gasteiger partial charge in [-0.15, -0.1) is 0 Å². The van der Waals surface area contributed by atoms with Crippen LogP contribution in [-0.4, -0.2) is 41.9 Å². The van der Waals surface area contributed by atoms with Crippen LogP contribution in [0.25, 0.3) is 0 Å². The largest absolute Gasteiger partial charge is 0.491 e. The highest BCUT2D eigenvalue weighted by Gasteiger charge is 2.28. The van der Waals surface area contributed by atoms with Crippen LogP contribution >= 0.6 is 0 Å². The number of benzene rings is 2. The molecular formula is C26H34N2O3. The van der Waals surface area contributed by atoms with E-state index >= 15 is 0 Å². The maximum absolute atomic E-state index is 12.6. The van der Waals surface area contributed by atoms with E-state index in [1.165, 1.54) is 5.56 Å². The fourth-order valence-electron chi connectivity index (χ4n) is 3.95. The second-order valence-corrected chi connectivity index (χ2v) is 8.69. The molecule has 1 unspecified atom stereocenters. The third-order valence-corrected chi connectivity index (χ3v) is 5.74. The minimum atomic E-state index is -0.0289. The Morgan fingerprint density at radius 2 is 1.65 bits per heavy atom. The molecule has 2 aromatic carbocycles. The van der Waals surface area contributed by atoms with E-state index in [1.807, 2.05) is 68.1 Å². The molecule has 2 aromatic rings. The molecule has 2 amide bonds. The van der Waals surface area contributed by atoms with Crippen LogP contribution in [0.3, 0.4) is 0 Å². The summed E-state index contributed by atoms with van der Waals surface area (Å²) in [7, 11) is 0. The van der Waals surface area contributed by atoms with Crippen molar-refractivity contribution in [3.63, 3.8) is 0 Å². The monoisotopic (exact) mass is 422 g/mol. The molecule has 1 fully saturated rings. The Kier molecular flexibility index (Phi) is 8.10. The molecule has 0 aliphatic carbocycles. The van der Waals surface area contributed by atoms with Gasteiger partial charge >= 0.3 is 6.03 Å². The van der Waals surface area contributed by atoms with Crippen LogP contribution in [-0.2, 0) is 6.42 Å². The number of hydrogen-bond acceptors (Lipinski definition) is 3. The van der Waals surface area contributed by atoms with Crippen molar-refractivity contribution in [2.75, 3.05) is 13.1 Å². The van der Waals surface area contributed by atoms with E-state index in [9.17, 15) is 9.59 Å². The molecule has 0 saturated carbocycles. The molecule has 1 saturated heterocycles. The van der Waals surface area contributed by atoms with Crippen molar-refractivity contribution in [2.24, 2.45) is 5.92 Å². The summed E-state index contributed by atoms with van der Waals surface area (Å²) in [5.74, 6) is 1.08. The smallest absolute Gasteiger partial charge is 0.317 e. The van der Waals surface area contributed by atoms with Gasteiger partial charge in [0.15, 0.2) is 5.78 Å². The van der Waals surface area contributed by atoms with Gasteiger partial charge in [0.1, 0.15) is 5.75 Å². The second-order valence-electron chi connectivity index (χ2n) is 8.69. The minimum absolute atomic E-state index is 0.00604. The Morgan fingerprint density at radius 1 is 1.00 bits per heavy atom. The van der Waals surface area contributed by atoms with Crippen molar-refractivity contribution in [1.82, 2.24) is 10.2 Å². The average molecular weight is 423 g/mol. The van der Waals surface area contributed by atoms with Crippen molar-refractivity contribution in [3.05, 3.63) is 65.7 Å². The number of nitrogens with zero attached hydrogens (tertiary/aromatic N) is 1. The first-order valence-electron chi connectivity index (χ1n) is 11.3. The Labute approximate surface area is 185 Å². The SMILES string of the molecule is CC(CCc1ccc(OC(C)C)cc1)NC(=O)N1CCC(C(=O)c2ccccc2)CC1. The Bertz CT molecular complexity index is 841. The number of urea groups is 1. The van der Waals surface area contributed by atoms with Crippen LogP contribution in [0.2, 0.25) is 0 Å². The van der Waals surface area contributed by atoms with E-state index < -0.39 is 0 Å². The molecule has 166 valence electrons. The molecule has 5 heteroatoms. The molecule has 0 spiro atoms. The maximum atomic E-state index is 12.6.